The molecule has 1 aromatic heterocycles. The van der Waals surface area contributed by atoms with Crippen LogP contribution in [0.1, 0.15) is 24.6 Å². The molecule has 1 aliphatic heterocycles. The lowest BCUT2D eigenvalue weighted by Gasteiger charge is -2.32. The zero-order valence-electron chi connectivity index (χ0n) is 13.5. The van der Waals surface area contributed by atoms with Crippen molar-refractivity contribution in [2.45, 2.75) is 26.2 Å². The maximum Gasteiger partial charge on any atom is 0.226 e. The molecule has 0 saturated carbocycles. The maximum atomic E-state index is 12.2. The Balaban J connectivity index is 0.00000264. The van der Waals surface area contributed by atoms with Gasteiger partial charge in [-0.15, -0.1) is 23.7 Å². The van der Waals surface area contributed by atoms with Crippen LogP contribution in [0.25, 0.3) is 0 Å². The molecule has 1 atom stereocenters. The van der Waals surface area contributed by atoms with Crippen molar-refractivity contribution >= 4 is 35.6 Å². The first-order valence-electron chi connectivity index (χ1n) is 7.90. The van der Waals surface area contributed by atoms with Crippen LogP contribution in [0.3, 0.4) is 0 Å². The van der Waals surface area contributed by atoms with E-state index in [2.05, 4.69) is 11.4 Å². The van der Waals surface area contributed by atoms with Gasteiger partial charge in [0, 0.05) is 42.9 Å². The van der Waals surface area contributed by atoms with Gasteiger partial charge in [0.15, 0.2) is 0 Å². The molecule has 1 fully saturated rings. The highest BCUT2D eigenvalue weighted by atomic mass is 35.5. The second-order valence-corrected chi connectivity index (χ2v) is 6.89. The molecule has 0 aromatic carbocycles. The van der Waals surface area contributed by atoms with Crippen LogP contribution in [-0.2, 0) is 16.0 Å². The van der Waals surface area contributed by atoms with Crippen molar-refractivity contribution in [3.8, 4) is 0 Å². The van der Waals surface area contributed by atoms with Crippen molar-refractivity contribution in [2.24, 2.45) is 17.6 Å². The maximum absolute atomic E-state index is 12.2. The van der Waals surface area contributed by atoms with E-state index in [0.29, 0.717) is 26.2 Å². The predicted octanol–water partition coefficient (Wildman–Crippen LogP) is 1.66. The van der Waals surface area contributed by atoms with Gasteiger partial charge in [-0.1, -0.05) is 13.0 Å². The number of hydrogen-bond acceptors (Lipinski definition) is 4. The van der Waals surface area contributed by atoms with E-state index >= 15 is 0 Å². The van der Waals surface area contributed by atoms with E-state index in [1.807, 2.05) is 23.3 Å². The van der Waals surface area contributed by atoms with Crippen molar-refractivity contribution in [1.82, 2.24) is 10.2 Å². The van der Waals surface area contributed by atoms with Gasteiger partial charge in [0.1, 0.15) is 0 Å². The third-order valence-corrected chi connectivity index (χ3v) is 5.14. The normalized spacial score (nSPS) is 16.5. The average molecular weight is 360 g/mol. The third-order valence-electron chi connectivity index (χ3n) is 4.20. The van der Waals surface area contributed by atoms with E-state index in [-0.39, 0.29) is 36.1 Å². The van der Waals surface area contributed by atoms with Crippen LogP contribution in [-0.4, -0.2) is 42.9 Å². The van der Waals surface area contributed by atoms with Gasteiger partial charge in [0.05, 0.1) is 0 Å². The van der Waals surface area contributed by atoms with E-state index in [0.717, 1.165) is 19.3 Å². The molecule has 0 aliphatic carbocycles. The number of rotatable bonds is 6. The van der Waals surface area contributed by atoms with Crippen LogP contribution < -0.4 is 11.1 Å². The number of carbonyl (C=O) groups is 2. The molecule has 0 radical (unpaired) electrons. The third kappa shape index (κ3) is 5.79. The first kappa shape index (κ1) is 19.9. The van der Waals surface area contributed by atoms with Crippen molar-refractivity contribution in [3.63, 3.8) is 0 Å². The van der Waals surface area contributed by atoms with Gasteiger partial charge in [-0.05, 0) is 30.7 Å². The van der Waals surface area contributed by atoms with Gasteiger partial charge in [-0.3, -0.25) is 9.59 Å². The largest absolute Gasteiger partial charge is 0.355 e. The van der Waals surface area contributed by atoms with Gasteiger partial charge in [-0.2, -0.15) is 0 Å². The first-order chi connectivity index (χ1) is 10.6. The van der Waals surface area contributed by atoms with E-state index in [1.54, 1.807) is 11.3 Å². The molecular formula is C16H26ClN3O2S. The van der Waals surface area contributed by atoms with E-state index < -0.39 is 0 Å². The van der Waals surface area contributed by atoms with Crippen LogP contribution in [0, 0.1) is 11.8 Å². The number of amides is 2. The van der Waals surface area contributed by atoms with Gasteiger partial charge >= 0.3 is 0 Å². The molecule has 1 saturated heterocycles. The number of nitrogens with one attached hydrogen (secondary N) is 1. The van der Waals surface area contributed by atoms with Crippen molar-refractivity contribution in [1.29, 1.82) is 0 Å². The zero-order chi connectivity index (χ0) is 15.9. The summed E-state index contributed by atoms with van der Waals surface area (Å²) in [5.41, 5.74) is 5.54. The van der Waals surface area contributed by atoms with Gasteiger partial charge in [-0.25, -0.2) is 0 Å². The monoisotopic (exact) mass is 359 g/mol. The Morgan fingerprint density at radius 1 is 1.43 bits per heavy atom. The highest BCUT2D eigenvalue weighted by Crippen LogP contribution is 2.19. The Morgan fingerprint density at radius 3 is 2.70 bits per heavy atom. The lowest BCUT2D eigenvalue weighted by atomic mass is 9.95. The summed E-state index contributed by atoms with van der Waals surface area (Å²) in [5.74, 6) is 0.131. The molecule has 0 spiro atoms. The zero-order valence-corrected chi connectivity index (χ0v) is 15.1. The minimum absolute atomic E-state index is 0. The molecule has 1 aromatic rings. The Kier molecular flexibility index (Phi) is 8.58. The number of thiophene rings is 1. The summed E-state index contributed by atoms with van der Waals surface area (Å²) in [6.07, 6.45) is 2.37. The quantitative estimate of drug-likeness (QED) is 0.811. The fourth-order valence-corrected chi connectivity index (χ4v) is 3.39. The van der Waals surface area contributed by atoms with Crippen LogP contribution in [0.4, 0.5) is 0 Å². The highest BCUT2D eigenvalue weighted by molar-refractivity contribution is 7.09. The number of carbonyl (C=O) groups excluding carboxylic acids is 2. The summed E-state index contributed by atoms with van der Waals surface area (Å²) in [6, 6.07) is 4.11. The van der Waals surface area contributed by atoms with E-state index in [4.69, 9.17) is 5.73 Å². The summed E-state index contributed by atoms with van der Waals surface area (Å²) in [5, 5.41) is 5.06. The van der Waals surface area contributed by atoms with E-state index in [9.17, 15) is 9.59 Å². The molecule has 1 unspecified atom stereocenters. The van der Waals surface area contributed by atoms with Crippen molar-refractivity contribution in [2.75, 3.05) is 26.2 Å². The van der Waals surface area contributed by atoms with Crippen molar-refractivity contribution in [3.05, 3.63) is 22.4 Å². The Morgan fingerprint density at radius 2 is 2.13 bits per heavy atom. The highest BCUT2D eigenvalue weighted by Gasteiger charge is 2.28. The summed E-state index contributed by atoms with van der Waals surface area (Å²) in [7, 11) is 0. The summed E-state index contributed by atoms with van der Waals surface area (Å²) in [4.78, 5) is 27.3. The molecule has 130 valence electrons. The molecule has 23 heavy (non-hydrogen) atoms. The Bertz CT molecular complexity index is 488. The average Bonchev–Trinajstić information content (AvgIpc) is 3.06. The molecule has 1 aliphatic rings. The standard InChI is InChI=1S/C16H25N3O2S.ClH/c1-12(11-17)16(21)19-8-5-13(6-9-19)15(20)18-7-4-14-3-2-10-22-14;/h2-3,10,12-13H,4-9,11,17H2,1H3,(H,18,20);1H. The number of piperidine rings is 1. The summed E-state index contributed by atoms with van der Waals surface area (Å²) < 4.78 is 0. The molecule has 2 rings (SSSR count). The second-order valence-electron chi connectivity index (χ2n) is 5.86. The number of nitrogens with zero attached hydrogens (tertiary/aromatic N) is 1. The summed E-state index contributed by atoms with van der Waals surface area (Å²) in [6.45, 7) is 4.23. The van der Waals surface area contributed by atoms with Crippen LogP contribution >= 0.6 is 23.7 Å². The number of nitrogens with two attached hydrogens (primary N) is 1. The molecule has 2 amide bonds. The van der Waals surface area contributed by atoms with Gasteiger partial charge in [0.25, 0.3) is 0 Å². The molecule has 3 N–H and O–H groups in total. The molecular weight excluding hydrogens is 334 g/mol. The van der Waals surface area contributed by atoms with Crippen LogP contribution in [0.2, 0.25) is 0 Å². The second kappa shape index (κ2) is 9.90. The molecule has 7 heteroatoms. The lowest BCUT2D eigenvalue weighted by Crippen LogP contribution is -2.45. The minimum atomic E-state index is -0.129. The fraction of sp³-hybridized carbons (Fsp3) is 0.625. The molecule has 0 bridgehead atoms. The van der Waals surface area contributed by atoms with Crippen molar-refractivity contribution < 1.29 is 9.59 Å². The Labute approximate surface area is 148 Å². The number of halogens is 1. The molecule has 2 heterocycles. The van der Waals surface area contributed by atoms with E-state index in [1.165, 1.54) is 4.88 Å². The smallest absolute Gasteiger partial charge is 0.226 e. The van der Waals surface area contributed by atoms with Gasteiger partial charge < -0.3 is 16.0 Å². The summed E-state index contributed by atoms with van der Waals surface area (Å²) >= 11 is 1.71. The SMILES string of the molecule is CC(CN)C(=O)N1CCC(C(=O)NCCc2cccs2)CC1.Cl. The van der Waals surface area contributed by atoms with Gasteiger partial charge in [0.2, 0.25) is 11.8 Å². The fourth-order valence-electron chi connectivity index (χ4n) is 2.68. The molecule has 5 nitrogen and oxygen atoms in total. The Hall–Kier alpha value is -1.11. The number of likely N-dealkylation sites (tertiary alicyclic amines) is 1. The first-order valence-corrected chi connectivity index (χ1v) is 8.78. The van der Waals surface area contributed by atoms with Crippen LogP contribution in [0.5, 0.6) is 0 Å². The lowest BCUT2D eigenvalue weighted by molar-refractivity contribution is -0.138. The topological polar surface area (TPSA) is 75.4 Å². The predicted molar refractivity (Wildman–Crippen MR) is 95.8 cm³/mol. The van der Waals surface area contributed by atoms with Crippen LogP contribution in [0.15, 0.2) is 17.5 Å². The minimum Gasteiger partial charge on any atom is -0.355 e. The number of hydrogen-bond donors (Lipinski definition) is 2.